The van der Waals surface area contributed by atoms with Gasteiger partial charge < -0.3 is 9.73 Å². The molecule has 2 N–H and O–H groups in total. The van der Waals surface area contributed by atoms with Gasteiger partial charge in [0.2, 0.25) is 5.95 Å². The summed E-state index contributed by atoms with van der Waals surface area (Å²) in [6.07, 6.45) is 0.774. The zero-order chi connectivity index (χ0) is 24.5. The maximum absolute atomic E-state index is 12.7. The first kappa shape index (κ1) is 23.1. The molecular weight excluding hydrogens is 456 g/mol. The second-order valence-electron chi connectivity index (χ2n) is 7.72. The standard InChI is InChI=1S/C24H22N4O5S/c1-4-16-5-10-21-19(12-16)20(29)13-22(33-21)23(30)27-17-6-8-18(9-7-17)34(31,32)28-24-25-14(2)11-15(3)26-24/h5-13H,4H2,1-3H3,(H,27,30)(H,25,26,28). The fraction of sp³-hybridized carbons (Fsp3) is 0.167. The van der Waals surface area contributed by atoms with Crippen molar-refractivity contribution >= 4 is 38.5 Å². The molecule has 2 heterocycles. The van der Waals surface area contributed by atoms with E-state index in [1.807, 2.05) is 13.0 Å². The Balaban J connectivity index is 1.52. The van der Waals surface area contributed by atoms with E-state index in [2.05, 4.69) is 20.0 Å². The van der Waals surface area contributed by atoms with Gasteiger partial charge in [0.05, 0.1) is 10.3 Å². The van der Waals surface area contributed by atoms with E-state index in [1.165, 1.54) is 24.3 Å². The summed E-state index contributed by atoms with van der Waals surface area (Å²) in [7, 11) is -3.93. The molecule has 34 heavy (non-hydrogen) atoms. The van der Waals surface area contributed by atoms with E-state index in [1.54, 1.807) is 32.0 Å². The number of fused-ring (bicyclic) bond motifs is 1. The average Bonchev–Trinajstić information content (AvgIpc) is 2.78. The van der Waals surface area contributed by atoms with Crippen molar-refractivity contribution in [1.29, 1.82) is 0 Å². The molecule has 1 amide bonds. The Kier molecular flexibility index (Phi) is 6.16. The molecule has 0 bridgehead atoms. The molecule has 0 saturated carbocycles. The first-order chi connectivity index (χ1) is 16.1. The number of amides is 1. The molecule has 4 aromatic rings. The van der Waals surface area contributed by atoms with Gasteiger partial charge in [-0.2, -0.15) is 0 Å². The zero-order valence-corrected chi connectivity index (χ0v) is 19.6. The van der Waals surface area contributed by atoms with Crippen LogP contribution in [-0.4, -0.2) is 24.3 Å². The number of anilines is 2. The summed E-state index contributed by atoms with van der Waals surface area (Å²) in [6.45, 7) is 5.46. The lowest BCUT2D eigenvalue weighted by atomic mass is 10.1. The summed E-state index contributed by atoms with van der Waals surface area (Å²) in [6, 6.07) is 13.7. The average molecular weight is 479 g/mol. The number of carbonyl (C=O) groups excluding carboxylic acids is 1. The Labute approximate surface area is 195 Å². The molecule has 9 nitrogen and oxygen atoms in total. The normalized spacial score (nSPS) is 11.4. The largest absolute Gasteiger partial charge is 0.451 e. The molecule has 0 aliphatic rings. The number of sulfonamides is 1. The number of benzene rings is 2. The molecule has 0 aliphatic carbocycles. The first-order valence-corrected chi connectivity index (χ1v) is 12.0. The Bertz CT molecular complexity index is 1540. The van der Waals surface area contributed by atoms with E-state index in [9.17, 15) is 18.0 Å². The van der Waals surface area contributed by atoms with Crippen molar-refractivity contribution < 1.29 is 17.6 Å². The molecule has 0 saturated heterocycles. The minimum absolute atomic E-state index is 0.0210. The summed E-state index contributed by atoms with van der Waals surface area (Å²) in [5, 5.41) is 3.01. The molecule has 0 atom stereocenters. The smallest absolute Gasteiger partial charge is 0.291 e. The highest BCUT2D eigenvalue weighted by atomic mass is 32.2. The molecular formula is C24H22N4O5S. The second-order valence-corrected chi connectivity index (χ2v) is 9.40. The minimum Gasteiger partial charge on any atom is -0.451 e. The van der Waals surface area contributed by atoms with Gasteiger partial charge in [-0.3, -0.25) is 9.59 Å². The maximum atomic E-state index is 12.7. The van der Waals surface area contributed by atoms with Gasteiger partial charge in [0.15, 0.2) is 11.2 Å². The SMILES string of the molecule is CCc1ccc2oc(C(=O)Nc3ccc(S(=O)(=O)Nc4nc(C)cc(C)n4)cc3)cc(=O)c2c1. The molecule has 10 heteroatoms. The van der Waals surface area contributed by atoms with E-state index in [0.717, 1.165) is 18.1 Å². The van der Waals surface area contributed by atoms with Crippen molar-refractivity contribution in [3.8, 4) is 0 Å². The van der Waals surface area contributed by atoms with Crippen LogP contribution in [0.5, 0.6) is 0 Å². The van der Waals surface area contributed by atoms with Crippen molar-refractivity contribution in [2.24, 2.45) is 0 Å². The second kappa shape index (κ2) is 9.06. The summed E-state index contributed by atoms with van der Waals surface area (Å²) in [5.74, 6) is -0.796. The van der Waals surface area contributed by atoms with Gasteiger partial charge in [-0.15, -0.1) is 0 Å². The van der Waals surface area contributed by atoms with Crippen LogP contribution < -0.4 is 15.5 Å². The minimum atomic E-state index is -3.93. The number of rotatable bonds is 6. The highest BCUT2D eigenvalue weighted by Gasteiger charge is 2.17. The number of aryl methyl sites for hydroxylation is 3. The molecule has 0 spiro atoms. The predicted octanol–water partition coefficient (Wildman–Crippen LogP) is 3.82. The zero-order valence-electron chi connectivity index (χ0n) is 18.7. The molecule has 0 unspecified atom stereocenters. The highest BCUT2D eigenvalue weighted by molar-refractivity contribution is 7.92. The molecule has 0 fully saturated rings. The van der Waals surface area contributed by atoms with E-state index >= 15 is 0 Å². The lowest BCUT2D eigenvalue weighted by molar-refractivity contribution is 0.0997. The van der Waals surface area contributed by atoms with E-state index in [0.29, 0.717) is 28.0 Å². The first-order valence-electron chi connectivity index (χ1n) is 10.5. The lowest BCUT2D eigenvalue weighted by Gasteiger charge is -2.09. The molecule has 0 aliphatic heterocycles. The number of nitrogens with one attached hydrogen (secondary N) is 2. The van der Waals surface area contributed by atoms with Gasteiger partial charge in [0.25, 0.3) is 15.9 Å². The Morgan fingerprint density at radius 1 is 0.971 bits per heavy atom. The van der Waals surface area contributed by atoms with Crippen LogP contribution in [0.15, 0.2) is 68.7 Å². The summed E-state index contributed by atoms with van der Waals surface area (Å²) >= 11 is 0. The molecule has 0 radical (unpaired) electrons. The van der Waals surface area contributed by atoms with Crippen LogP contribution in [0.4, 0.5) is 11.6 Å². The van der Waals surface area contributed by atoms with E-state index < -0.39 is 15.9 Å². The quantitative estimate of drug-likeness (QED) is 0.431. The third-order valence-electron chi connectivity index (χ3n) is 5.05. The van der Waals surface area contributed by atoms with Gasteiger partial charge in [0.1, 0.15) is 5.58 Å². The monoisotopic (exact) mass is 478 g/mol. The fourth-order valence-corrected chi connectivity index (χ4v) is 4.34. The van der Waals surface area contributed by atoms with Crippen LogP contribution in [0.2, 0.25) is 0 Å². The van der Waals surface area contributed by atoms with Crippen molar-refractivity contribution in [3.63, 3.8) is 0 Å². The van der Waals surface area contributed by atoms with E-state index in [4.69, 9.17) is 4.42 Å². The van der Waals surface area contributed by atoms with Gasteiger partial charge in [-0.1, -0.05) is 13.0 Å². The highest BCUT2D eigenvalue weighted by Crippen LogP contribution is 2.19. The van der Waals surface area contributed by atoms with Gasteiger partial charge in [0, 0.05) is 23.1 Å². The van der Waals surface area contributed by atoms with Crippen LogP contribution in [0.1, 0.15) is 34.4 Å². The number of hydrogen-bond donors (Lipinski definition) is 2. The van der Waals surface area contributed by atoms with Gasteiger partial charge in [-0.05, 0) is 68.3 Å². The Hall–Kier alpha value is -4.05. The summed E-state index contributed by atoms with van der Waals surface area (Å²) in [4.78, 5) is 33.2. The maximum Gasteiger partial charge on any atom is 0.291 e. The lowest BCUT2D eigenvalue weighted by Crippen LogP contribution is -2.17. The van der Waals surface area contributed by atoms with Crippen LogP contribution in [0, 0.1) is 13.8 Å². The van der Waals surface area contributed by atoms with E-state index in [-0.39, 0.29) is 22.0 Å². The number of nitrogens with zero attached hydrogens (tertiary/aromatic N) is 2. The number of aromatic nitrogens is 2. The van der Waals surface area contributed by atoms with Crippen molar-refractivity contribution in [1.82, 2.24) is 9.97 Å². The third-order valence-corrected chi connectivity index (χ3v) is 6.40. The van der Waals surface area contributed by atoms with Crippen LogP contribution in [-0.2, 0) is 16.4 Å². The molecule has 174 valence electrons. The third kappa shape index (κ3) is 4.96. The molecule has 4 rings (SSSR count). The van der Waals surface area contributed by atoms with Crippen LogP contribution in [0.25, 0.3) is 11.0 Å². The van der Waals surface area contributed by atoms with Gasteiger partial charge in [-0.25, -0.2) is 23.1 Å². The number of hydrogen-bond acceptors (Lipinski definition) is 7. The Morgan fingerprint density at radius 3 is 2.29 bits per heavy atom. The fourth-order valence-electron chi connectivity index (χ4n) is 3.40. The van der Waals surface area contributed by atoms with Gasteiger partial charge >= 0.3 is 0 Å². The molecule has 2 aromatic heterocycles. The van der Waals surface area contributed by atoms with Crippen molar-refractivity contribution in [2.75, 3.05) is 10.0 Å². The Morgan fingerprint density at radius 2 is 1.65 bits per heavy atom. The molecule has 2 aromatic carbocycles. The van der Waals surface area contributed by atoms with Crippen LogP contribution >= 0.6 is 0 Å². The van der Waals surface area contributed by atoms with Crippen molar-refractivity contribution in [3.05, 3.63) is 87.5 Å². The van der Waals surface area contributed by atoms with Crippen molar-refractivity contribution in [2.45, 2.75) is 32.1 Å². The summed E-state index contributed by atoms with van der Waals surface area (Å²) < 4.78 is 33.3. The number of carbonyl (C=O) groups is 1. The predicted molar refractivity (Wildman–Crippen MR) is 129 cm³/mol. The van der Waals surface area contributed by atoms with Crippen LogP contribution in [0.3, 0.4) is 0 Å². The topological polar surface area (TPSA) is 131 Å². The summed E-state index contributed by atoms with van der Waals surface area (Å²) in [5.41, 5.74) is 2.59.